The Balaban J connectivity index is 1.31. The highest BCUT2D eigenvalue weighted by atomic mass is 19.1. The Kier molecular flexibility index (Phi) is 5.55. The first-order chi connectivity index (χ1) is 14.2. The molecule has 0 atom stereocenters. The van der Waals surface area contributed by atoms with E-state index in [9.17, 15) is 9.18 Å². The summed E-state index contributed by atoms with van der Waals surface area (Å²) in [5.74, 6) is 0.832. The van der Waals surface area contributed by atoms with E-state index in [1.165, 1.54) is 12.1 Å². The predicted molar refractivity (Wildman–Crippen MR) is 106 cm³/mol. The van der Waals surface area contributed by atoms with Crippen LogP contribution < -0.4 is 15.1 Å². The first-order valence-electron chi connectivity index (χ1n) is 9.32. The van der Waals surface area contributed by atoms with Crippen LogP contribution in [0, 0.1) is 5.82 Å². The van der Waals surface area contributed by atoms with Crippen LogP contribution in [0.1, 0.15) is 16.1 Å². The molecule has 2 aromatic heterocycles. The van der Waals surface area contributed by atoms with E-state index < -0.39 is 0 Å². The summed E-state index contributed by atoms with van der Waals surface area (Å²) in [7, 11) is 0. The van der Waals surface area contributed by atoms with E-state index in [0.29, 0.717) is 6.54 Å². The molecule has 3 heterocycles. The molecule has 0 bridgehead atoms. The Hall–Kier alpha value is -3.62. The molecule has 3 aromatic rings. The highest BCUT2D eigenvalue weighted by Gasteiger charge is 2.20. The van der Waals surface area contributed by atoms with Crippen LogP contribution in [-0.2, 0) is 6.54 Å². The van der Waals surface area contributed by atoms with Crippen molar-refractivity contribution in [2.75, 3.05) is 36.0 Å². The number of carbonyl (C=O) groups is 1. The average molecular weight is 393 g/mol. The zero-order valence-corrected chi connectivity index (χ0v) is 15.7. The quantitative estimate of drug-likeness (QED) is 0.705. The third-order valence-corrected chi connectivity index (χ3v) is 4.69. The van der Waals surface area contributed by atoms with Gasteiger partial charge in [-0.3, -0.25) is 4.79 Å². The summed E-state index contributed by atoms with van der Waals surface area (Å²) in [6, 6.07) is 11.2. The fourth-order valence-electron chi connectivity index (χ4n) is 3.08. The number of amides is 1. The van der Waals surface area contributed by atoms with Crippen LogP contribution >= 0.6 is 0 Å². The smallest absolute Gasteiger partial charge is 0.272 e. The van der Waals surface area contributed by atoms with Gasteiger partial charge in [-0.15, -0.1) is 10.2 Å². The summed E-state index contributed by atoms with van der Waals surface area (Å²) in [6.07, 6.45) is 3.47. The maximum Gasteiger partial charge on any atom is 0.272 e. The molecule has 8 nitrogen and oxygen atoms in total. The summed E-state index contributed by atoms with van der Waals surface area (Å²) < 4.78 is 12.9. The summed E-state index contributed by atoms with van der Waals surface area (Å²) in [6.45, 7) is 3.40. The topological polar surface area (TPSA) is 87.1 Å². The van der Waals surface area contributed by atoms with Crippen LogP contribution in [0.15, 0.2) is 54.9 Å². The van der Waals surface area contributed by atoms with Crippen LogP contribution in [0.3, 0.4) is 0 Å². The van der Waals surface area contributed by atoms with E-state index >= 15 is 0 Å². The summed E-state index contributed by atoms with van der Waals surface area (Å²) >= 11 is 0. The van der Waals surface area contributed by atoms with Gasteiger partial charge in [0.05, 0.1) is 0 Å². The second-order valence-electron chi connectivity index (χ2n) is 6.61. The first kappa shape index (κ1) is 18.7. The Morgan fingerprint density at radius 1 is 0.931 bits per heavy atom. The van der Waals surface area contributed by atoms with Crippen molar-refractivity contribution < 1.29 is 9.18 Å². The second kappa shape index (κ2) is 8.59. The molecule has 29 heavy (non-hydrogen) atoms. The fraction of sp³-hybridized carbons (Fsp3) is 0.250. The van der Waals surface area contributed by atoms with E-state index in [-0.39, 0.29) is 17.4 Å². The lowest BCUT2D eigenvalue weighted by atomic mass is 10.2. The van der Waals surface area contributed by atoms with Crippen molar-refractivity contribution >= 4 is 17.7 Å². The average Bonchev–Trinajstić information content (AvgIpc) is 2.79. The Labute approximate surface area is 167 Å². The van der Waals surface area contributed by atoms with Crippen molar-refractivity contribution in [1.29, 1.82) is 0 Å². The summed E-state index contributed by atoms with van der Waals surface area (Å²) in [5, 5.41) is 11.0. The highest BCUT2D eigenvalue weighted by Crippen LogP contribution is 2.15. The van der Waals surface area contributed by atoms with Gasteiger partial charge in [0.25, 0.3) is 5.91 Å². The monoisotopic (exact) mass is 393 g/mol. The van der Waals surface area contributed by atoms with Gasteiger partial charge in [-0.1, -0.05) is 12.1 Å². The fourth-order valence-corrected chi connectivity index (χ4v) is 3.08. The number of piperazine rings is 1. The maximum atomic E-state index is 12.9. The van der Waals surface area contributed by atoms with Crippen molar-refractivity contribution in [2.45, 2.75) is 6.54 Å². The number of hydrogen-bond acceptors (Lipinski definition) is 7. The number of nitrogens with one attached hydrogen (secondary N) is 1. The normalized spacial score (nSPS) is 14.0. The molecule has 1 amide bonds. The predicted octanol–water partition coefficient (Wildman–Crippen LogP) is 1.66. The van der Waals surface area contributed by atoms with Gasteiger partial charge in [0, 0.05) is 45.1 Å². The van der Waals surface area contributed by atoms with Crippen molar-refractivity contribution in [3.05, 3.63) is 71.9 Å². The van der Waals surface area contributed by atoms with E-state index in [2.05, 4.69) is 35.3 Å². The lowest BCUT2D eigenvalue weighted by molar-refractivity contribution is 0.0945. The van der Waals surface area contributed by atoms with E-state index in [4.69, 9.17) is 0 Å². The van der Waals surface area contributed by atoms with Gasteiger partial charge in [-0.2, -0.15) is 0 Å². The molecule has 0 unspecified atom stereocenters. The number of rotatable bonds is 5. The Morgan fingerprint density at radius 2 is 1.62 bits per heavy atom. The lowest BCUT2D eigenvalue weighted by Gasteiger charge is -2.35. The van der Waals surface area contributed by atoms with Crippen LogP contribution in [-0.4, -0.2) is 52.3 Å². The maximum absolute atomic E-state index is 12.9. The lowest BCUT2D eigenvalue weighted by Crippen LogP contribution is -2.47. The highest BCUT2D eigenvalue weighted by molar-refractivity contribution is 5.92. The molecule has 148 valence electrons. The largest absolute Gasteiger partial charge is 0.352 e. The molecule has 9 heteroatoms. The number of hydrogen-bond donors (Lipinski definition) is 1. The summed E-state index contributed by atoms with van der Waals surface area (Å²) in [5.41, 5.74) is 1.05. The van der Waals surface area contributed by atoms with E-state index in [1.54, 1.807) is 42.7 Å². The van der Waals surface area contributed by atoms with Crippen LogP contribution in [0.2, 0.25) is 0 Å². The SMILES string of the molecule is O=C(NCc1ccc(F)cc1)c1ccc(N2CCN(c3ncccn3)CC2)nn1. The number of nitrogens with zero attached hydrogens (tertiary/aromatic N) is 6. The Bertz CT molecular complexity index is 943. The standard InChI is InChI=1S/C20H20FN7O/c21-16-4-2-15(3-5-16)14-24-19(29)17-6-7-18(26-25-17)27-10-12-28(13-11-27)20-22-8-1-9-23-20/h1-9H,10-14H2,(H,24,29). The molecule has 1 aliphatic rings. The van der Waals surface area contributed by atoms with Crippen molar-refractivity contribution in [3.63, 3.8) is 0 Å². The van der Waals surface area contributed by atoms with Crippen LogP contribution in [0.5, 0.6) is 0 Å². The van der Waals surface area contributed by atoms with Crippen molar-refractivity contribution in [1.82, 2.24) is 25.5 Å². The van der Waals surface area contributed by atoms with Crippen LogP contribution in [0.4, 0.5) is 16.2 Å². The molecule has 4 rings (SSSR count). The summed E-state index contributed by atoms with van der Waals surface area (Å²) in [4.78, 5) is 25.1. The van der Waals surface area contributed by atoms with E-state index in [0.717, 1.165) is 43.5 Å². The minimum Gasteiger partial charge on any atom is -0.352 e. The first-order valence-corrected chi connectivity index (χ1v) is 9.32. The van der Waals surface area contributed by atoms with Gasteiger partial charge in [0.1, 0.15) is 5.82 Å². The second-order valence-corrected chi connectivity index (χ2v) is 6.61. The number of anilines is 2. The molecule has 0 radical (unpaired) electrons. The zero-order valence-electron chi connectivity index (χ0n) is 15.7. The number of aromatic nitrogens is 4. The molecule has 1 aliphatic heterocycles. The third-order valence-electron chi connectivity index (χ3n) is 4.69. The van der Waals surface area contributed by atoms with Gasteiger partial charge < -0.3 is 15.1 Å². The molecule has 0 saturated carbocycles. The minimum absolute atomic E-state index is 0.243. The number of benzene rings is 1. The van der Waals surface area contributed by atoms with E-state index in [1.807, 2.05) is 0 Å². The molecule has 1 fully saturated rings. The van der Waals surface area contributed by atoms with Gasteiger partial charge in [-0.05, 0) is 35.9 Å². The van der Waals surface area contributed by atoms with Crippen LogP contribution in [0.25, 0.3) is 0 Å². The Morgan fingerprint density at radius 3 is 2.28 bits per heavy atom. The van der Waals surface area contributed by atoms with Crippen molar-refractivity contribution in [3.8, 4) is 0 Å². The molecule has 1 N–H and O–H groups in total. The van der Waals surface area contributed by atoms with Crippen molar-refractivity contribution in [2.24, 2.45) is 0 Å². The zero-order chi connectivity index (χ0) is 20.1. The molecule has 1 aromatic carbocycles. The van der Waals surface area contributed by atoms with Gasteiger partial charge in [0.15, 0.2) is 11.5 Å². The van der Waals surface area contributed by atoms with Gasteiger partial charge >= 0.3 is 0 Å². The molecular formula is C20H20FN7O. The third kappa shape index (κ3) is 4.63. The molecule has 0 spiro atoms. The molecule has 0 aliphatic carbocycles. The number of carbonyl (C=O) groups excluding carboxylic acids is 1. The minimum atomic E-state index is -0.320. The van der Waals surface area contributed by atoms with Gasteiger partial charge in [0.2, 0.25) is 5.95 Å². The number of halogens is 1. The van der Waals surface area contributed by atoms with Gasteiger partial charge in [-0.25, -0.2) is 14.4 Å². The molecule has 1 saturated heterocycles. The molecular weight excluding hydrogens is 373 g/mol.